The van der Waals surface area contributed by atoms with Crippen LogP contribution in [0.3, 0.4) is 0 Å². The van der Waals surface area contributed by atoms with Gasteiger partial charge < -0.3 is 0 Å². The van der Waals surface area contributed by atoms with Gasteiger partial charge in [0.15, 0.2) is 0 Å². The highest BCUT2D eigenvalue weighted by Crippen LogP contribution is 2.14. The number of hydrogen-bond donors (Lipinski definition) is 0. The van der Waals surface area contributed by atoms with Crippen LogP contribution in [0.15, 0.2) is 72.8 Å². The molecule has 0 aliphatic heterocycles. The van der Waals surface area contributed by atoms with Crippen molar-refractivity contribution in [3.05, 3.63) is 78.5 Å². The fraction of sp³-hybridized carbons (Fsp3) is 0.350. The minimum atomic E-state index is 0.365. The summed E-state index contributed by atoms with van der Waals surface area (Å²) < 4.78 is 0. The van der Waals surface area contributed by atoms with Crippen molar-refractivity contribution in [3.8, 4) is 0 Å². The van der Waals surface area contributed by atoms with Gasteiger partial charge in [0, 0.05) is 23.1 Å². The van der Waals surface area contributed by atoms with Gasteiger partial charge in [-0.1, -0.05) is 62.9 Å². The molecule has 0 aliphatic rings. The van der Waals surface area contributed by atoms with Crippen LogP contribution < -0.4 is 0 Å². The summed E-state index contributed by atoms with van der Waals surface area (Å²) in [6.07, 6.45) is 16.2. The highest BCUT2D eigenvalue weighted by Gasteiger charge is 2.00. The lowest BCUT2D eigenvalue weighted by Crippen LogP contribution is -1.91. The number of nitrogens with zero attached hydrogens (tertiary/aromatic N) is 1. The normalized spacial score (nSPS) is 16.3. The summed E-state index contributed by atoms with van der Waals surface area (Å²) in [6, 6.07) is 6.05. The third kappa shape index (κ3) is 8.04. The molecule has 1 aromatic rings. The zero-order valence-corrected chi connectivity index (χ0v) is 14.7. The van der Waals surface area contributed by atoms with Crippen LogP contribution in [0, 0.1) is 5.92 Å². The number of aromatic nitrogens is 1. The van der Waals surface area contributed by atoms with Gasteiger partial charge in [-0.15, -0.1) is 11.8 Å². The highest BCUT2D eigenvalue weighted by molar-refractivity contribution is 8.02. The Morgan fingerprint density at radius 3 is 2.55 bits per heavy atom. The molecular formula is C20H27NS. The third-order valence-electron chi connectivity index (χ3n) is 3.29. The molecule has 0 saturated carbocycles. The van der Waals surface area contributed by atoms with E-state index in [1.165, 1.54) is 0 Å². The molecule has 0 bridgehead atoms. The standard InChI is InChI=1S/C20H27NS/c1-5-22-19(4)15-14-17(2)11-7-6-8-12-18(3)20-13-9-10-16-21-20/h5,7-19H,1,6H2,2-4H3/b11-7-,12-8+,15-14-/t17-,18-,19?/m1/s1. The van der Waals surface area contributed by atoms with E-state index in [0.29, 0.717) is 17.1 Å². The molecule has 0 spiro atoms. The second-order valence-corrected chi connectivity index (χ2v) is 6.74. The zero-order valence-electron chi connectivity index (χ0n) is 13.9. The summed E-state index contributed by atoms with van der Waals surface area (Å²) in [6.45, 7) is 10.3. The largest absolute Gasteiger partial charge is 0.261 e. The minimum absolute atomic E-state index is 0.365. The van der Waals surface area contributed by atoms with Crippen molar-refractivity contribution >= 4 is 11.8 Å². The Balaban J connectivity index is 2.33. The summed E-state index contributed by atoms with van der Waals surface area (Å²) in [4.78, 5) is 4.37. The molecule has 3 atom stereocenters. The monoisotopic (exact) mass is 313 g/mol. The van der Waals surface area contributed by atoms with E-state index in [2.05, 4.69) is 74.9 Å². The molecule has 118 valence electrons. The van der Waals surface area contributed by atoms with E-state index < -0.39 is 0 Å². The van der Waals surface area contributed by atoms with Crippen LogP contribution in [0.4, 0.5) is 0 Å². The Bertz CT molecular complexity index is 502. The molecule has 1 rings (SSSR count). The second kappa shape index (κ2) is 11.1. The zero-order chi connectivity index (χ0) is 16.2. The van der Waals surface area contributed by atoms with Gasteiger partial charge in [0.2, 0.25) is 0 Å². The molecular weight excluding hydrogens is 286 g/mol. The summed E-state index contributed by atoms with van der Waals surface area (Å²) in [5.41, 5.74) is 1.12. The van der Waals surface area contributed by atoms with Crippen molar-refractivity contribution in [1.82, 2.24) is 4.98 Å². The molecule has 0 fully saturated rings. The molecule has 0 amide bonds. The molecule has 1 aromatic heterocycles. The van der Waals surface area contributed by atoms with Crippen LogP contribution in [-0.2, 0) is 0 Å². The SMILES string of the molecule is C=CSC(C)/C=C\[C@H](C)/C=C\C/C=C/[C@@H](C)c1ccccn1. The molecule has 1 heterocycles. The predicted molar refractivity (Wildman–Crippen MR) is 101 cm³/mol. The average Bonchev–Trinajstić information content (AvgIpc) is 2.53. The van der Waals surface area contributed by atoms with E-state index in [9.17, 15) is 0 Å². The Morgan fingerprint density at radius 1 is 1.09 bits per heavy atom. The topological polar surface area (TPSA) is 12.9 Å². The Morgan fingerprint density at radius 2 is 1.86 bits per heavy atom. The van der Waals surface area contributed by atoms with Crippen LogP contribution in [0.2, 0.25) is 0 Å². The first kappa shape index (κ1) is 18.5. The molecule has 0 saturated heterocycles. The average molecular weight is 314 g/mol. The Hall–Kier alpha value is -1.54. The van der Waals surface area contributed by atoms with Crippen molar-refractivity contribution in [2.75, 3.05) is 0 Å². The first-order chi connectivity index (χ1) is 10.6. The minimum Gasteiger partial charge on any atom is -0.261 e. The van der Waals surface area contributed by atoms with E-state index in [4.69, 9.17) is 0 Å². The van der Waals surface area contributed by atoms with E-state index in [-0.39, 0.29) is 0 Å². The highest BCUT2D eigenvalue weighted by atomic mass is 32.2. The molecule has 1 unspecified atom stereocenters. The van der Waals surface area contributed by atoms with Crippen LogP contribution in [0.5, 0.6) is 0 Å². The predicted octanol–water partition coefficient (Wildman–Crippen LogP) is 6.15. The number of rotatable bonds is 9. The molecule has 0 N–H and O–H groups in total. The van der Waals surface area contributed by atoms with Crippen molar-refractivity contribution in [2.45, 2.75) is 38.4 Å². The lowest BCUT2D eigenvalue weighted by Gasteiger charge is -2.04. The van der Waals surface area contributed by atoms with Crippen LogP contribution in [0.25, 0.3) is 0 Å². The van der Waals surface area contributed by atoms with Gasteiger partial charge >= 0.3 is 0 Å². The first-order valence-corrected chi connectivity index (χ1v) is 8.76. The summed E-state index contributed by atoms with van der Waals surface area (Å²) >= 11 is 1.74. The first-order valence-electron chi connectivity index (χ1n) is 7.82. The van der Waals surface area contributed by atoms with Gasteiger partial charge in [-0.05, 0) is 36.8 Å². The number of thioether (sulfide) groups is 1. The molecule has 0 aromatic carbocycles. The quantitative estimate of drug-likeness (QED) is 0.507. The smallest absolute Gasteiger partial charge is 0.0469 e. The Kier molecular flexibility index (Phi) is 9.33. The molecule has 0 radical (unpaired) electrons. The summed E-state index contributed by atoms with van der Waals surface area (Å²) in [5.74, 6) is 0.832. The van der Waals surface area contributed by atoms with Gasteiger partial charge in [0.25, 0.3) is 0 Å². The summed E-state index contributed by atoms with van der Waals surface area (Å²) in [7, 11) is 0. The van der Waals surface area contributed by atoms with E-state index in [1.807, 2.05) is 23.7 Å². The van der Waals surface area contributed by atoms with Crippen molar-refractivity contribution in [1.29, 1.82) is 0 Å². The fourth-order valence-corrected chi connectivity index (χ4v) is 2.48. The summed E-state index contributed by atoms with van der Waals surface area (Å²) in [5, 5.41) is 2.38. The van der Waals surface area contributed by atoms with Gasteiger partial charge in [-0.3, -0.25) is 4.98 Å². The van der Waals surface area contributed by atoms with E-state index >= 15 is 0 Å². The second-order valence-electron chi connectivity index (χ2n) is 5.39. The third-order valence-corrected chi connectivity index (χ3v) is 4.07. The van der Waals surface area contributed by atoms with Crippen LogP contribution in [-0.4, -0.2) is 10.2 Å². The maximum absolute atomic E-state index is 4.37. The fourth-order valence-electron chi connectivity index (χ4n) is 1.99. The van der Waals surface area contributed by atoms with E-state index in [1.54, 1.807) is 11.8 Å². The number of hydrogen-bond acceptors (Lipinski definition) is 2. The molecule has 2 heteroatoms. The van der Waals surface area contributed by atoms with Crippen molar-refractivity contribution < 1.29 is 0 Å². The van der Waals surface area contributed by atoms with Crippen molar-refractivity contribution in [2.24, 2.45) is 5.92 Å². The maximum atomic E-state index is 4.37. The molecule has 0 aliphatic carbocycles. The van der Waals surface area contributed by atoms with Crippen LogP contribution >= 0.6 is 11.8 Å². The Labute approximate surface area is 139 Å². The van der Waals surface area contributed by atoms with Gasteiger partial charge in [-0.2, -0.15) is 0 Å². The van der Waals surface area contributed by atoms with Crippen molar-refractivity contribution in [3.63, 3.8) is 0 Å². The van der Waals surface area contributed by atoms with Crippen LogP contribution in [0.1, 0.15) is 38.8 Å². The number of allylic oxidation sites excluding steroid dienone is 5. The van der Waals surface area contributed by atoms with Gasteiger partial charge in [0.05, 0.1) is 0 Å². The lowest BCUT2D eigenvalue weighted by molar-refractivity contribution is 0.900. The maximum Gasteiger partial charge on any atom is 0.0469 e. The lowest BCUT2D eigenvalue weighted by atomic mass is 10.1. The molecule has 22 heavy (non-hydrogen) atoms. The van der Waals surface area contributed by atoms with Gasteiger partial charge in [0.1, 0.15) is 0 Å². The molecule has 1 nitrogen and oxygen atoms in total. The van der Waals surface area contributed by atoms with E-state index in [0.717, 1.165) is 12.1 Å². The van der Waals surface area contributed by atoms with Gasteiger partial charge in [-0.25, -0.2) is 0 Å². The number of pyridine rings is 1.